The van der Waals surface area contributed by atoms with Crippen molar-refractivity contribution >= 4 is 0 Å². The van der Waals surface area contributed by atoms with E-state index in [4.69, 9.17) is 0 Å². The van der Waals surface area contributed by atoms with Crippen molar-refractivity contribution in [2.24, 2.45) is 0 Å². The van der Waals surface area contributed by atoms with E-state index >= 15 is 0 Å². The van der Waals surface area contributed by atoms with Crippen LogP contribution in [0.3, 0.4) is 0 Å². The van der Waals surface area contributed by atoms with Crippen LogP contribution in [0.25, 0.3) is 0 Å². The summed E-state index contributed by atoms with van der Waals surface area (Å²) in [5.74, 6) is 0. The van der Waals surface area contributed by atoms with Crippen LogP contribution in [0.1, 0.15) is 155 Å². The van der Waals surface area contributed by atoms with Crippen LogP contribution >= 0.6 is 0 Å². The van der Waals surface area contributed by atoms with Gasteiger partial charge in [-0.1, -0.05) is 155 Å². The summed E-state index contributed by atoms with van der Waals surface area (Å²) in [5.41, 5.74) is 0. The summed E-state index contributed by atoms with van der Waals surface area (Å²) >= 11 is 0. The maximum atomic E-state index is 2.30. The van der Waals surface area contributed by atoms with Crippen LogP contribution in [-0.2, 0) is 19.5 Å². The molecule has 0 aliphatic rings. The van der Waals surface area contributed by atoms with Crippen LogP contribution in [0.4, 0.5) is 0 Å². The van der Waals surface area contributed by atoms with Gasteiger partial charge in [-0.2, -0.15) is 0 Å². The SMILES string of the molecule is CCCCCCCCCCCCCCCCCCCCCCCC.[Zn]. The van der Waals surface area contributed by atoms with Gasteiger partial charge in [0.1, 0.15) is 0 Å². The summed E-state index contributed by atoms with van der Waals surface area (Å²) in [4.78, 5) is 0. The molecule has 25 heavy (non-hydrogen) atoms. The van der Waals surface area contributed by atoms with Crippen molar-refractivity contribution in [3.05, 3.63) is 0 Å². The van der Waals surface area contributed by atoms with Crippen molar-refractivity contribution in [2.75, 3.05) is 0 Å². The summed E-state index contributed by atoms with van der Waals surface area (Å²) in [6, 6.07) is 0. The van der Waals surface area contributed by atoms with Crippen LogP contribution in [0, 0.1) is 0 Å². The monoisotopic (exact) mass is 402 g/mol. The molecule has 0 nitrogen and oxygen atoms in total. The molecule has 0 aliphatic carbocycles. The summed E-state index contributed by atoms with van der Waals surface area (Å²) in [6.07, 6.45) is 32.4. The average Bonchev–Trinajstić information content (AvgIpc) is 2.60. The first-order valence-electron chi connectivity index (χ1n) is 11.9. The minimum Gasteiger partial charge on any atom is -0.0654 e. The van der Waals surface area contributed by atoms with E-state index in [0.29, 0.717) is 0 Å². The topological polar surface area (TPSA) is 0 Å². The van der Waals surface area contributed by atoms with Crippen molar-refractivity contribution in [3.63, 3.8) is 0 Å². The maximum absolute atomic E-state index is 2.30. The van der Waals surface area contributed by atoms with E-state index in [-0.39, 0.29) is 19.5 Å². The zero-order chi connectivity index (χ0) is 17.6. The van der Waals surface area contributed by atoms with Crippen LogP contribution in [-0.4, -0.2) is 0 Å². The molecule has 0 aromatic rings. The standard InChI is InChI=1S/C24H50.Zn/c1-3-5-7-9-11-13-15-17-19-21-23-24-22-20-18-16-14-12-10-8-6-4-2;/h3-24H2,1-2H3;. The molecule has 0 amide bonds. The Morgan fingerprint density at radius 1 is 0.240 bits per heavy atom. The second-order valence-electron chi connectivity index (χ2n) is 8.07. The Hall–Kier alpha value is 0.623. The van der Waals surface area contributed by atoms with Gasteiger partial charge in [0.15, 0.2) is 0 Å². The molecule has 0 bridgehead atoms. The number of rotatable bonds is 21. The Morgan fingerprint density at radius 2 is 0.360 bits per heavy atom. The largest absolute Gasteiger partial charge is 0.0654 e. The van der Waals surface area contributed by atoms with Crippen molar-refractivity contribution in [3.8, 4) is 0 Å². The van der Waals surface area contributed by atoms with Crippen molar-refractivity contribution < 1.29 is 19.5 Å². The molecule has 0 heterocycles. The molecule has 0 N–H and O–H groups in total. The van der Waals surface area contributed by atoms with E-state index in [2.05, 4.69) is 13.8 Å². The summed E-state index contributed by atoms with van der Waals surface area (Å²) < 4.78 is 0. The summed E-state index contributed by atoms with van der Waals surface area (Å²) in [7, 11) is 0. The maximum Gasteiger partial charge on any atom is 0 e. The van der Waals surface area contributed by atoms with E-state index in [1.54, 1.807) is 0 Å². The third-order valence-corrected chi connectivity index (χ3v) is 5.46. The third kappa shape index (κ3) is 27.0. The fourth-order valence-corrected chi connectivity index (χ4v) is 3.68. The van der Waals surface area contributed by atoms with Gasteiger partial charge in [-0.3, -0.25) is 0 Å². The van der Waals surface area contributed by atoms with Crippen LogP contribution < -0.4 is 0 Å². The molecule has 0 saturated heterocycles. The molecule has 0 aromatic carbocycles. The Morgan fingerprint density at radius 3 is 0.480 bits per heavy atom. The first-order chi connectivity index (χ1) is 11.9. The van der Waals surface area contributed by atoms with Crippen LogP contribution in [0.5, 0.6) is 0 Å². The fourth-order valence-electron chi connectivity index (χ4n) is 3.68. The Kier molecular flexibility index (Phi) is 29.9. The zero-order valence-corrected chi connectivity index (χ0v) is 21.2. The van der Waals surface area contributed by atoms with Gasteiger partial charge in [0.05, 0.1) is 0 Å². The van der Waals surface area contributed by atoms with Gasteiger partial charge in [0, 0.05) is 19.5 Å². The van der Waals surface area contributed by atoms with E-state index in [9.17, 15) is 0 Å². The molecule has 0 saturated carbocycles. The average molecular weight is 404 g/mol. The first kappa shape index (κ1) is 27.8. The number of unbranched alkanes of at least 4 members (excludes halogenated alkanes) is 21. The molecule has 148 valence electrons. The number of hydrogen-bond acceptors (Lipinski definition) is 0. The Bertz CT molecular complexity index is 180. The smallest absolute Gasteiger partial charge is 0 e. The molecular formula is C24H50Zn. The van der Waals surface area contributed by atoms with Gasteiger partial charge in [0.2, 0.25) is 0 Å². The summed E-state index contributed by atoms with van der Waals surface area (Å²) in [5, 5.41) is 0. The van der Waals surface area contributed by atoms with Crippen molar-refractivity contribution in [2.45, 2.75) is 155 Å². The van der Waals surface area contributed by atoms with Crippen molar-refractivity contribution in [1.29, 1.82) is 0 Å². The molecule has 1 heteroatoms. The van der Waals surface area contributed by atoms with Gasteiger partial charge in [0.25, 0.3) is 0 Å². The third-order valence-electron chi connectivity index (χ3n) is 5.46. The molecule has 0 radical (unpaired) electrons. The predicted molar refractivity (Wildman–Crippen MR) is 113 cm³/mol. The molecule has 0 rings (SSSR count). The summed E-state index contributed by atoms with van der Waals surface area (Å²) in [6.45, 7) is 4.60. The van der Waals surface area contributed by atoms with Crippen LogP contribution in [0.2, 0.25) is 0 Å². The van der Waals surface area contributed by atoms with E-state index in [0.717, 1.165) is 0 Å². The van der Waals surface area contributed by atoms with E-state index in [1.807, 2.05) is 0 Å². The molecule has 0 unspecified atom stereocenters. The molecule has 0 spiro atoms. The van der Waals surface area contributed by atoms with E-state index < -0.39 is 0 Å². The minimum atomic E-state index is 0. The molecule has 0 atom stereocenters. The van der Waals surface area contributed by atoms with E-state index in [1.165, 1.54) is 141 Å². The minimum absolute atomic E-state index is 0. The molecular weight excluding hydrogens is 354 g/mol. The van der Waals surface area contributed by atoms with Gasteiger partial charge < -0.3 is 0 Å². The second-order valence-corrected chi connectivity index (χ2v) is 8.07. The predicted octanol–water partition coefficient (Wildman–Crippen LogP) is 9.61. The zero-order valence-electron chi connectivity index (χ0n) is 18.3. The van der Waals surface area contributed by atoms with Gasteiger partial charge in [-0.15, -0.1) is 0 Å². The first-order valence-corrected chi connectivity index (χ1v) is 11.9. The molecule has 0 aromatic heterocycles. The van der Waals surface area contributed by atoms with Gasteiger partial charge in [-0.05, 0) is 0 Å². The molecule has 0 aliphatic heterocycles. The quantitative estimate of drug-likeness (QED) is 0.132. The fraction of sp³-hybridized carbons (Fsp3) is 1.00. The molecule has 0 fully saturated rings. The van der Waals surface area contributed by atoms with Crippen molar-refractivity contribution in [1.82, 2.24) is 0 Å². The van der Waals surface area contributed by atoms with Crippen LogP contribution in [0.15, 0.2) is 0 Å². The second kappa shape index (κ2) is 26.8. The normalized spacial score (nSPS) is 10.8. The Labute approximate surface area is 174 Å². The van der Waals surface area contributed by atoms with Gasteiger partial charge in [-0.25, -0.2) is 0 Å². The Balaban J connectivity index is 0. The number of hydrogen-bond donors (Lipinski definition) is 0. The van der Waals surface area contributed by atoms with Gasteiger partial charge >= 0.3 is 0 Å².